The van der Waals surface area contributed by atoms with Crippen molar-refractivity contribution in [2.75, 3.05) is 20.1 Å². The molecule has 2 heterocycles. The first kappa shape index (κ1) is 21.1. The second-order valence-electron chi connectivity index (χ2n) is 9.91. The summed E-state index contributed by atoms with van der Waals surface area (Å²) < 4.78 is 0. The smallest absolute Gasteiger partial charge is 0.223 e. The van der Waals surface area contributed by atoms with Crippen molar-refractivity contribution in [3.8, 4) is 0 Å². The molecule has 0 radical (unpaired) electrons. The molecule has 4 rings (SSSR count). The molecule has 2 aliphatic heterocycles. The molecular formula is C27H36N2O. The molecule has 2 aromatic rings. The minimum absolute atomic E-state index is 0.123. The Balaban J connectivity index is 1.41. The molecule has 1 fully saturated rings. The molecule has 0 atom stereocenters. The van der Waals surface area contributed by atoms with Crippen molar-refractivity contribution in [3.63, 3.8) is 0 Å². The van der Waals surface area contributed by atoms with E-state index < -0.39 is 0 Å². The maximum absolute atomic E-state index is 13.1. The van der Waals surface area contributed by atoms with Crippen LogP contribution in [0.25, 0.3) is 0 Å². The van der Waals surface area contributed by atoms with Gasteiger partial charge in [-0.1, -0.05) is 48.5 Å². The molecule has 3 heteroatoms. The summed E-state index contributed by atoms with van der Waals surface area (Å²) in [6, 6.07) is 17.5. The topological polar surface area (TPSA) is 23.6 Å². The number of amides is 1. The lowest BCUT2D eigenvalue weighted by molar-refractivity contribution is -0.138. The highest BCUT2D eigenvalue weighted by atomic mass is 16.2. The molecule has 160 valence electrons. The second-order valence-corrected chi connectivity index (χ2v) is 9.91. The van der Waals surface area contributed by atoms with Crippen LogP contribution in [0.1, 0.15) is 67.7 Å². The van der Waals surface area contributed by atoms with Gasteiger partial charge in [-0.3, -0.25) is 4.79 Å². The molecular weight excluding hydrogens is 368 g/mol. The number of benzene rings is 2. The van der Waals surface area contributed by atoms with E-state index in [4.69, 9.17) is 0 Å². The Kier molecular flexibility index (Phi) is 6.29. The summed E-state index contributed by atoms with van der Waals surface area (Å²) >= 11 is 0. The van der Waals surface area contributed by atoms with E-state index in [1.54, 1.807) is 0 Å². The number of rotatable bonds is 5. The largest absolute Gasteiger partial charge is 0.333 e. The van der Waals surface area contributed by atoms with Gasteiger partial charge in [0.2, 0.25) is 5.91 Å². The minimum atomic E-state index is -0.123. The van der Waals surface area contributed by atoms with Crippen LogP contribution in [0.15, 0.2) is 48.5 Å². The van der Waals surface area contributed by atoms with Gasteiger partial charge in [0.25, 0.3) is 0 Å². The third kappa shape index (κ3) is 4.78. The summed E-state index contributed by atoms with van der Waals surface area (Å²) in [6.07, 6.45) is 5.97. The Labute approximate surface area is 182 Å². The summed E-state index contributed by atoms with van der Waals surface area (Å²) in [4.78, 5) is 17.6. The van der Waals surface area contributed by atoms with Gasteiger partial charge in [-0.15, -0.1) is 0 Å². The van der Waals surface area contributed by atoms with Crippen LogP contribution in [0.2, 0.25) is 0 Å². The predicted molar refractivity (Wildman–Crippen MR) is 124 cm³/mol. The predicted octanol–water partition coefficient (Wildman–Crippen LogP) is 5.18. The first-order chi connectivity index (χ1) is 14.4. The maximum atomic E-state index is 13.1. The van der Waals surface area contributed by atoms with Gasteiger partial charge in [0, 0.05) is 18.5 Å². The van der Waals surface area contributed by atoms with E-state index in [1.807, 2.05) is 6.07 Å². The third-order valence-electron chi connectivity index (χ3n) is 7.10. The van der Waals surface area contributed by atoms with Crippen LogP contribution in [0.5, 0.6) is 0 Å². The summed E-state index contributed by atoms with van der Waals surface area (Å²) in [7, 11) is 2.22. The highest BCUT2D eigenvalue weighted by molar-refractivity contribution is 5.77. The molecule has 0 saturated carbocycles. The van der Waals surface area contributed by atoms with Gasteiger partial charge in [-0.05, 0) is 94.3 Å². The van der Waals surface area contributed by atoms with Crippen LogP contribution in [0.3, 0.4) is 0 Å². The van der Waals surface area contributed by atoms with Gasteiger partial charge < -0.3 is 9.80 Å². The number of piperidine rings is 1. The van der Waals surface area contributed by atoms with Crippen LogP contribution in [-0.4, -0.2) is 41.4 Å². The van der Waals surface area contributed by atoms with E-state index >= 15 is 0 Å². The zero-order chi connectivity index (χ0) is 21.1. The van der Waals surface area contributed by atoms with E-state index in [2.05, 4.69) is 73.2 Å². The number of carbonyl (C=O) groups excluding carboxylic acids is 1. The van der Waals surface area contributed by atoms with Crippen LogP contribution >= 0.6 is 0 Å². The Morgan fingerprint density at radius 2 is 1.77 bits per heavy atom. The molecule has 0 unspecified atom stereocenters. The molecule has 1 amide bonds. The highest BCUT2D eigenvalue weighted by Gasteiger charge is 2.35. The van der Waals surface area contributed by atoms with Crippen molar-refractivity contribution in [1.82, 2.24) is 9.80 Å². The molecule has 0 aromatic heterocycles. The van der Waals surface area contributed by atoms with Crippen LogP contribution in [0.4, 0.5) is 0 Å². The van der Waals surface area contributed by atoms with Crippen LogP contribution in [-0.2, 0) is 24.2 Å². The van der Waals surface area contributed by atoms with Crippen LogP contribution in [0, 0.1) is 0 Å². The lowest BCUT2D eigenvalue weighted by Crippen LogP contribution is -2.51. The Morgan fingerprint density at radius 3 is 2.50 bits per heavy atom. The standard InChI is InChI=1S/C27H36N2O/c1-27(2)19-25-18-23(22-14-16-28(3)17-15-22)12-13-24(25)20-29(27)26(30)11-7-10-21-8-5-4-6-9-21/h4-6,8-9,12-13,18,22H,7,10-11,14-17,19-20H2,1-3H3. The number of nitrogens with zero attached hydrogens (tertiary/aromatic N) is 2. The molecule has 2 aliphatic rings. The molecule has 1 saturated heterocycles. The van der Waals surface area contributed by atoms with Gasteiger partial charge in [0.05, 0.1) is 0 Å². The normalized spacial score (nSPS) is 19.5. The van der Waals surface area contributed by atoms with Crippen molar-refractivity contribution >= 4 is 5.91 Å². The molecule has 2 aromatic carbocycles. The lowest BCUT2D eigenvalue weighted by atomic mass is 9.81. The first-order valence-electron chi connectivity index (χ1n) is 11.6. The van der Waals surface area contributed by atoms with Crippen molar-refractivity contribution < 1.29 is 4.79 Å². The van der Waals surface area contributed by atoms with Crippen molar-refractivity contribution in [3.05, 3.63) is 70.8 Å². The number of aryl methyl sites for hydroxylation is 1. The maximum Gasteiger partial charge on any atom is 0.223 e. The van der Waals surface area contributed by atoms with E-state index in [0.717, 1.165) is 25.8 Å². The SMILES string of the molecule is CN1CCC(c2ccc3c(c2)CC(C)(C)N(C(=O)CCCc2ccccc2)C3)CC1. The van der Waals surface area contributed by atoms with Crippen molar-refractivity contribution in [2.24, 2.45) is 0 Å². The Morgan fingerprint density at radius 1 is 1.03 bits per heavy atom. The summed E-state index contributed by atoms with van der Waals surface area (Å²) in [5.41, 5.74) is 5.48. The fraction of sp³-hybridized carbons (Fsp3) is 0.519. The fourth-order valence-corrected chi connectivity index (χ4v) is 5.16. The molecule has 30 heavy (non-hydrogen) atoms. The number of fused-ring (bicyclic) bond motifs is 1. The van der Waals surface area contributed by atoms with E-state index in [1.165, 1.54) is 48.2 Å². The number of hydrogen-bond donors (Lipinski definition) is 0. The monoisotopic (exact) mass is 404 g/mol. The van der Waals surface area contributed by atoms with E-state index in [9.17, 15) is 4.79 Å². The average molecular weight is 405 g/mol. The van der Waals surface area contributed by atoms with Crippen molar-refractivity contribution in [1.29, 1.82) is 0 Å². The van der Waals surface area contributed by atoms with E-state index in [-0.39, 0.29) is 5.54 Å². The highest BCUT2D eigenvalue weighted by Crippen LogP contribution is 2.35. The van der Waals surface area contributed by atoms with E-state index in [0.29, 0.717) is 18.2 Å². The summed E-state index contributed by atoms with van der Waals surface area (Å²) in [6.45, 7) is 7.59. The molecule has 3 nitrogen and oxygen atoms in total. The van der Waals surface area contributed by atoms with Crippen molar-refractivity contribution in [2.45, 2.75) is 70.4 Å². The zero-order valence-electron chi connectivity index (χ0n) is 18.9. The first-order valence-corrected chi connectivity index (χ1v) is 11.6. The Hall–Kier alpha value is -2.13. The molecule has 0 aliphatic carbocycles. The zero-order valence-corrected chi connectivity index (χ0v) is 18.9. The summed E-state index contributed by atoms with van der Waals surface area (Å²) in [5.74, 6) is 0.980. The molecule has 0 spiro atoms. The quantitative estimate of drug-likeness (QED) is 0.685. The number of hydrogen-bond acceptors (Lipinski definition) is 2. The minimum Gasteiger partial charge on any atom is -0.333 e. The Bertz CT molecular complexity index is 866. The molecule has 0 bridgehead atoms. The average Bonchev–Trinajstić information content (AvgIpc) is 2.73. The number of likely N-dealkylation sites (tertiary alicyclic amines) is 1. The van der Waals surface area contributed by atoms with Gasteiger partial charge in [0.1, 0.15) is 0 Å². The lowest BCUT2D eigenvalue weighted by Gasteiger charge is -2.44. The number of carbonyl (C=O) groups is 1. The van der Waals surface area contributed by atoms with Gasteiger partial charge in [-0.2, -0.15) is 0 Å². The van der Waals surface area contributed by atoms with Gasteiger partial charge >= 0.3 is 0 Å². The fourth-order valence-electron chi connectivity index (χ4n) is 5.16. The van der Waals surface area contributed by atoms with Gasteiger partial charge in [0.15, 0.2) is 0 Å². The van der Waals surface area contributed by atoms with Crippen LogP contribution < -0.4 is 0 Å². The summed E-state index contributed by atoms with van der Waals surface area (Å²) in [5, 5.41) is 0. The molecule has 0 N–H and O–H groups in total. The second kappa shape index (κ2) is 8.93. The third-order valence-corrected chi connectivity index (χ3v) is 7.10. The van der Waals surface area contributed by atoms with Gasteiger partial charge in [-0.25, -0.2) is 0 Å².